The van der Waals surface area contributed by atoms with Crippen LogP contribution in [0.25, 0.3) is 28.1 Å². The molecule has 7 aliphatic heterocycles. The number of benzene rings is 7. The number of pyridine rings is 1. The summed E-state index contributed by atoms with van der Waals surface area (Å²) >= 11 is 14.5. The molecule has 0 saturated carbocycles. The number of phenols is 3. The quantitative estimate of drug-likeness (QED) is 0.0358. The predicted octanol–water partition coefficient (Wildman–Crippen LogP) is 5.84. The van der Waals surface area contributed by atoms with Gasteiger partial charge in [-0.15, -0.1) is 5.10 Å². The van der Waals surface area contributed by atoms with Gasteiger partial charge in [0, 0.05) is 59.5 Å². The summed E-state index contributed by atoms with van der Waals surface area (Å²) in [4.78, 5) is 140. The van der Waals surface area contributed by atoms with Crippen molar-refractivity contribution in [3.8, 4) is 74.1 Å². The minimum atomic E-state index is -2.45. The first-order valence-corrected chi connectivity index (χ1v) is 44.6. The molecule has 9 heterocycles. The van der Waals surface area contributed by atoms with E-state index in [0.717, 1.165) is 78.9 Å². The second-order valence-corrected chi connectivity index (χ2v) is 36.7. The molecule has 2 aromatic heterocycles. The van der Waals surface area contributed by atoms with Crippen LogP contribution in [0.1, 0.15) is 143 Å². The van der Waals surface area contributed by atoms with Crippen molar-refractivity contribution in [3.63, 3.8) is 0 Å². The average Bonchev–Trinajstić information content (AvgIpc) is 0.889. The molecule has 16 rings (SSSR count). The van der Waals surface area contributed by atoms with Crippen LogP contribution in [0.5, 0.6) is 46.0 Å². The molecule has 21 N–H and O–H groups in total. The molecular weight excluding hydrogens is 1860 g/mol. The van der Waals surface area contributed by atoms with E-state index in [-0.39, 0.29) is 59.8 Å². The highest BCUT2D eigenvalue weighted by molar-refractivity contribution is 6.32. The number of aliphatic carboxylic acids is 1. The number of primary amides is 1. The lowest BCUT2D eigenvalue weighted by Gasteiger charge is -2.48. The smallest absolute Gasteiger partial charge is 0.412 e. The number of fused-ring (bicyclic) bond motifs is 15. The molecule has 18 atom stereocenters. The summed E-state index contributed by atoms with van der Waals surface area (Å²) in [5.41, 5.74) is 1.25. The third-order valence-corrected chi connectivity index (χ3v) is 24.4. The van der Waals surface area contributed by atoms with Crippen LogP contribution >= 0.6 is 23.2 Å². The fraction of sp³-hybridized carbons (Fsp3) is 0.383. The van der Waals surface area contributed by atoms with E-state index in [1.807, 2.05) is 0 Å². The van der Waals surface area contributed by atoms with Gasteiger partial charge in [0.05, 0.1) is 75.9 Å². The lowest BCUT2D eigenvalue weighted by Crippen LogP contribution is -2.65. The number of phenolic OH excluding ortho intramolecular Hbond substituents is 3. The highest BCUT2D eigenvalue weighted by atomic mass is 35.5. The van der Waals surface area contributed by atoms with Gasteiger partial charge in [-0.1, -0.05) is 72.6 Å². The highest BCUT2D eigenvalue weighted by Gasteiger charge is 2.53. The zero-order chi connectivity index (χ0) is 100. The number of anilines is 1. The van der Waals surface area contributed by atoms with Gasteiger partial charge in [-0.3, -0.25) is 48.8 Å². The van der Waals surface area contributed by atoms with Crippen molar-refractivity contribution >= 4 is 82.3 Å². The number of carbonyl (C=O) groups excluding carboxylic acids is 8. The molecule has 8 amide bonds. The second-order valence-electron chi connectivity index (χ2n) is 35.9. The number of nitrogens with one attached hydrogen (secondary N) is 9. The van der Waals surface area contributed by atoms with E-state index in [2.05, 4.69) is 63.1 Å². The Morgan fingerprint density at radius 2 is 1.38 bits per heavy atom. The van der Waals surface area contributed by atoms with Gasteiger partial charge in [-0.2, -0.15) is 0 Å². The molecule has 2 fully saturated rings. The predicted molar refractivity (Wildman–Crippen MR) is 488 cm³/mol. The Kier molecular flexibility index (Phi) is 30.8. The maximum Gasteiger partial charge on any atom is 0.412 e. The van der Waals surface area contributed by atoms with Gasteiger partial charge in [0.2, 0.25) is 53.4 Å². The maximum atomic E-state index is 16.6. The molecule has 139 heavy (non-hydrogen) atoms. The van der Waals surface area contributed by atoms with Crippen LogP contribution < -0.4 is 67.8 Å². The first-order chi connectivity index (χ1) is 65.8. The van der Waals surface area contributed by atoms with Gasteiger partial charge in [0.1, 0.15) is 107 Å². The largest absolute Gasteiger partial charge is 0.507 e. The van der Waals surface area contributed by atoms with Gasteiger partial charge in [0.25, 0.3) is 0 Å². The zero-order valence-electron chi connectivity index (χ0n) is 76.0. The van der Waals surface area contributed by atoms with Crippen LogP contribution in [0.3, 0.4) is 0 Å². The number of ether oxygens (including phenoxy) is 7. The van der Waals surface area contributed by atoms with Gasteiger partial charge >= 0.3 is 12.1 Å². The van der Waals surface area contributed by atoms with Crippen molar-refractivity contribution in [1.82, 2.24) is 67.4 Å². The lowest BCUT2D eigenvalue weighted by molar-refractivity contribution is -0.334. The Hall–Kier alpha value is -13.4. The molecular formula is C94H103Cl2F2N15O26. The van der Waals surface area contributed by atoms with Crippen molar-refractivity contribution in [2.24, 2.45) is 11.7 Å². The van der Waals surface area contributed by atoms with Crippen LogP contribution in [0.2, 0.25) is 10.0 Å². The Labute approximate surface area is 801 Å². The number of nitrogens with two attached hydrogens (primary N) is 1. The number of carboxylic acid groups (broad SMARTS) is 1. The van der Waals surface area contributed by atoms with Crippen molar-refractivity contribution in [1.29, 1.82) is 0 Å². The van der Waals surface area contributed by atoms with Gasteiger partial charge < -0.3 is 132 Å². The number of halogens is 4. The lowest BCUT2D eigenvalue weighted by atomic mass is 9.85. The molecule has 738 valence electrons. The summed E-state index contributed by atoms with van der Waals surface area (Å²) in [5, 5.41) is 152. The molecule has 0 radical (unpaired) electrons. The number of hydrogen-bond donors (Lipinski definition) is 20. The Morgan fingerprint density at radius 3 is 2.04 bits per heavy atom. The van der Waals surface area contributed by atoms with Crippen LogP contribution in [0.4, 0.5) is 19.3 Å². The van der Waals surface area contributed by atoms with E-state index in [9.17, 15) is 74.6 Å². The number of rotatable bonds is 23. The third kappa shape index (κ3) is 23.0. The van der Waals surface area contributed by atoms with Gasteiger partial charge in [-0.25, -0.2) is 23.1 Å². The molecule has 9 aromatic rings. The van der Waals surface area contributed by atoms with Crippen LogP contribution in [-0.4, -0.2) is 235 Å². The molecule has 2 saturated heterocycles. The molecule has 7 aliphatic rings. The fourth-order valence-electron chi connectivity index (χ4n) is 16.8. The average molecular weight is 1970 g/mol. The van der Waals surface area contributed by atoms with Crippen molar-refractivity contribution in [2.75, 3.05) is 26.0 Å². The van der Waals surface area contributed by atoms with Crippen LogP contribution in [0, 0.1) is 17.6 Å². The van der Waals surface area contributed by atoms with E-state index < -0.39 is 283 Å². The Morgan fingerprint density at radius 1 is 0.719 bits per heavy atom. The minimum absolute atomic E-state index is 0.0745. The Bertz CT molecular complexity index is 6220. The number of likely N-dealkylation sites (N-methyl/N-ethyl adjacent to an activating group) is 1. The van der Waals surface area contributed by atoms with E-state index in [1.54, 1.807) is 84.1 Å². The van der Waals surface area contributed by atoms with Gasteiger partial charge in [0.15, 0.2) is 29.9 Å². The van der Waals surface area contributed by atoms with Gasteiger partial charge in [-0.05, 0) is 186 Å². The number of aliphatic hydroxyl groups is 6. The fourth-order valence-corrected chi connectivity index (χ4v) is 17.3. The molecule has 0 unspecified atom stereocenters. The highest BCUT2D eigenvalue weighted by Crippen LogP contribution is 2.51. The number of aromatic nitrogens is 4. The molecule has 41 nitrogen and oxygen atoms in total. The summed E-state index contributed by atoms with van der Waals surface area (Å²) < 4.78 is 76.0. The standard InChI is InChI=1S/C94H103Cl2F2N15O26/c1-40(2)24-59(100-8)84(124)108-74-76(118)43-17-22-63(55(95)26-43)134-65-28-45-29-66(81(65)138-91-82(80(122)79(121)67(39-114)136-91)137-69-34-94(7,83(123)41(3)133-69)101-35-48-13-11-15-58(102-48)51-30-46(97)19-20-57(51)98)135-64-23-18-44(27-56(64)96)77(119)75-89(129)107-73(90(130)131)53-32-62(116)54(38-112(9)36-49-37-113(111-110-49)50-14-10-12-47(31-50)103-92(132)139-93(4,5)6)78(120)70(53)52-25-42(16-21-61(52)115)71(86(126)109-75)106-87(127)72(45)105-85(125)60(33-68(99)117)104-88(74)128/h10-23,25-32,37,40-41,59-60,67,69,71-77,79-80,82-83,91,100-101,114-116,118-123H,24,33-36,38-39H2,1-9H3,(H2,99,117)(H,103,132)(H,104,128)(H,105,125)(H,106,127)(H,107,129)(H,108,124)(H,109,126)(H,130,131)/t41-,59+,60-,67+,69-,71+,72+,73-,74+,75-,76+,77+,79+,80-,82+,83+,91-,94-/m0/s1. The van der Waals surface area contributed by atoms with Crippen molar-refractivity contribution in [2.45, 2.75) is 202 Å². The molecule has 7 aromatic carbocycles. The number of carboxylic acids is 1. The number of aliphatic hydroxyl groups excluding tert-OH is 6. The topological polar surface area (TPSA) is 602 Å². The zero-order valence-corrected chi connectivity index (χ0v) is 77.5. The molecule has 45 heteroatoms. The minimum Gasteiger partial charge on any atom is -0.507 e. The van der Waals surface area contributed by atoms with Crippen molar-refractivity contribution < 1.29 is 136 Å². The molecule has 0 spiro atoms. The number of carbonyl (C=O) groups is 9. The normalized spacial score (nSPS) is 24.7. The second kappa shape index (κ2) is 42.1. The van der Waals surface area contributed by atoms with Crippen LogP contribution in [-0.2, 0) is 76.9 Å². The van der Waals surface area contributed by atoms with E-state index >= 15 is 28.4 Å². The SMILES string of the molecule is CN[C@H](CC(C)C)C(=O)N[C@H]1C(=O)N[C@@H](CC(N)=O)C(=O)N[C@H]2C(=O)N[C@H]3C(=O)N[C@H](C(=O)N[C@H](C(=O)O)c4cc(O)c(CN(C)Cc5cn(-c6cccc(NC(=O)OC(C)(C)C)c6)nn5)c(O)c4-c4cc3ccc4O)[C@H](O)c3ccc(c(Cl)c3)Oc3cc2cc(c3O[C@@H]2O[C@H](CO)[C@@H](O)[C@H](O)[C@H]2O[C@H]2C[C@](C)(NCc3cccc(-c4cc(F)ccc4F)n3)[C@H](O)[C@H](C)O2)Oc2ccc(cc2Cl)[C@H]1O. The summed E-state index contributed by atoms with van der Waals surface area (Å²) in [7, 11) is 3.00. The first-order valence-electron chi connectivity index (χ1n) is 43.9. The number of amides is 8. The number of nitrogens with zero attached hydrogens (tertiary/aromatic N) is 5. The maximum absolute atomic E-state index is 16.6. The molecule has 0 aliphatic carbocycles. The van der Waals surface area contributed by atoms with E-state index in [4.69, 9.17) is 62.1 Å². The number of aromatic hydroxyl groups is 3. The third-order valence-electron chi connectivity index (χ3n) is 23.9. The number of hydrogen-bond acceptors (Lipinski definition) is 31. The monoisotopic (exact) mass is 1970 g/mol. The summed E-state index contributed by atoms with van der Waals surface area (Å²) in [6, 6.07) is 11.7. The Balaban J connectivity index is 0.910. The van der Waals surface area contributed by atoms with Crippen LogP contribution in [0.15, 0.2) is 140 Å². The van der Waals surface area contributed by atoms with Crippen molar-refractivity contribution in [3.05, 3.63) is 206 Å². The first kappa shape index (κ1) is 102. The molecule has 11 bridgehead atoms. The summed E-state index contributed by atoms with van der Waals surface area (Å²) in [6.07, 6.45) is -19.1. The summed E-state index contributed by atoms with van der Waals surface area (Å²) in [5.74, 6) is -18.5. The van der Waals surface area contributed by atoms with E-state index in [1.165, 1.54) is 48.8 Å². The summed E-state index contributed by atoms with van der Waals surface area (Å²) in [6.45, 7) is 10.1. The van der Waals surface area contributed by atoms with E-state index in [0.29, 0.717) is 22.8 Å².